The maximum atomic E-state index is 13.2. The largest absolute Gasteiger partial charge is 0.207 e. The van der Waals surface area contributed by atoms with Crippen LogP contribution in [0.15, 0.2) is 83.9 Å². The molecule has 0 amide bonds. The van der Waals surface area contributed by atoms with Gasteiger partial charge in [-0.3, -0.25) is 0 Å². The minimum Gasteiger partial charge on any atom is -0.207 e. The summed E-state index contributed by atoms with van der Waals surface area (Å²) in [6.07, 6.45) is 0. The van der Waals surface area contributed by atoms with E-state index in [4.69, 9.17) is 0 Å². The molecular formula is C22H15FN4S. The molecule has 0 radical (unpaired) electrons. The Bertz CT molecular complexity index is 1280. The summed E-state index contributed by atoms with van der Waals surface area (Å²) in [6.45, 7) is 0. The zero-order chi connectivity index (χ0) is 18.9. The Morgan fingerprint density at radius 2 is 1.64 bits per heavy atom. The Morgan fingerprint density at radius 1 is 0.821 bits per heavy atom. The molecule has 6 heteroatoms. The zero-order valence-corrected chi connectivity index (χ0v) is 15.6. The molecule has 0 fully saturated rings. The molecule has 2 heterocycles. The van der Waals surface area contributed by atoms with Gasteiger partial charge in [-0.25, -0.2) is 4.39 Å². The summed E-state index contributed by atoms with van der Waals surface area (Å²) in [5.74, 6) is 1.13. The van der Waals surface area contributed by atoms with Gasteiger partial charge in [-0.1, -0.05) is 54.2 Å². The highest BCUT2D eigenvalue weighted by molar-refractivity contribution is 7.98. The molecule has 0 aliphatic heterocycles. The predicted molar refractivity (Wildman–Crippen MR) is 110 cm³/mol. The van der Waals surface area contributed by atoms with Crippen molar-refractivity contribution < 1.29 is 4.39 Å². The normalized spacial score (nSPS) is 11.3. The van der Waals surface area contributed by atoms with Crippen molar-refractivity contribution in [2.45, 2.75) is 10.8 Å². The lowest BCUT2D eigenvalue weighted by atomic mass is 10.1. The highest BCUT2D eigenvalue weighted by Crippen LogP contribution is 2.27. The van der Waals surface area contributed by atoms with Crippen LogP contribution in [0.5, 0.6) is 0 Å². The van der Waals surface area contributed by atoms with E-state index in [1.54, 1.807) is 28.4 Å². The first-order valence-corrected chi connectivity index (χ1v) is 9.84. The standard InChI is InChI=1S/C22H15FN4S/c23-18-10-8-16(9-11-18)22-25-24-20-12-13-21(26-27(20)22)28-14-17-6-3-5-15-4-1-2-7-19(15)17/h1-13H,14H2. The van der Waals surface area contributed by atoms with Gasteiger partial charge < -0.3 is 0 Å². The molecule has 0 bridgehead atoms. The van der Waals surface area contributed by atoms with Crippen molar-refractivity contribution in [3.63, 3.8) is 0 Å². The molecule has 0 spiro atoms. The van der Waals surface area contributed by atoms with Crippen LogP contribution in [0.25, 0.3) is 27.8 Å². The fourth-order valence-electron chi connectivity index (χ4n) is 3.20. The van der Waals surface area contributed by atoms with Crippen LogP contribution in [0, 0.1) is 5.82 Å². The van der Waals surface area contributed by atoms with Crippen molar-refractivity contribution in [3.05, 3.63) is 90.2 Å². The zero-order valence-electron chi connectivity index (χ0n) is 14.8. The summed E-state index contributed by atoms with van der Waals surface area (Å²) in [5, 5.41) is 16.4. The number of fused-ring (bicyclic) bond motifs is 2. The van der Waals surface area contributed by atoms with Gasteiger partial charge in [-0.05, 0) is 52.7 Å². The first-order valence-electron chi connectivity index (χ1n) is 8.86. The quantitative estimate of drug-likeness (QED) is 0.389. The molecule has 2 aromatic heterocycles. The molecule has 0 atom stereocenters. The van der Waals surface area contributed by atoms with E-state index in [0.29, 0.717) is 11.5 Å². The molecule has 5 aromatic rings. The van der Waals surface area contributed by atoms with Crippen LogP contribution in [0.3, 0.4) is 0 Å². The molecule has 0 aliphatic rings. The van der Waals surface area contributed by atoms with Crippen molar-refractivity contribution >= 4 is 28.2 Å². The number of rotatable bonds is 4. The van der Waals surface area contributed by atoms with Crippen LogP contribution in [-0.2, 0) is 5.75 Å². The summed E-state index contributed by atoms with van der Waals surface area (Å²) in [4.78, 5) is 0. The second-order valence-electron chi connectivity index (χ2n) is 6.40. The highest BCUT2D eigenvalue weighted by Gasteiger charge is 2.11. The van der Waals surface area contributed by atoms with Crippen molar-refractivity contribution in [3.8, 4) is 11.4 Å². The van der Waals surface area contributed by atoms with Gasteiger partial charge in [-0.2, -0.15) is 9.61 Å². The summed E-state index contributed by atoms with van der Waals surface area (Å²) in [6, 6.07) is 24.8. The lowest BCUT2D eigenvalue weighted by Gasteiger charge is -2.07. The van der Waals surface area contributed by atoms with Gasteiger partial charge >= 0.3 is 0 Å². The van der Waals surface area contributed by atoms with Crippen LogP contribution >= 0.6 is 11.8 Å². The van der Waals surface area contributed by atoms with Crippen molar-refractivity contribution in [2.24, 2.45) is 0 Å². The predicted octanol–water partition coefficient (Wildman–Crippen LogP) is 5.38. The Labute approximate surface area is 165 Å². The number of nitrogens with zero attached hydrogens (tertiary/aromatic N) is 4. The third-order valence-corrected chi connectivity index (χ3v) is 5.57. The summed E-state index contributed by atoms with van der Waals surface area (Å²) in [7, 11) is 0. The summed E-state index contributed by atoms with van der Waals surface area (Å²) >= 11 is 1.67. The van der Waals surface area contributed by atoms with Crippen LogP contribution in [-0.4, -0.2) is 19.8 Å². The minimum atomic E-state index is -0.281. The molecule has 3 aromatic carbocycles. The highest BCUT2D eigenvalue weighted by atomic mass is 32.2. The Morgan fingerprint density at radius 3 is 2.54 bits per heavy atom. The van der Waals surface area contributed by atoms with E-state index in [2.05, 4.69) is 57.8 Å². The van der Waals surface area contributed by atoms with E-state index >= 15 is 0 Å². The Balaban J connectivity index is 1.46. The molecule has 0 N–H and O–H groups in total. The monoisotopic (exact) mass is 386 g/mol. The third-order valence-electron chi connectivity index (χ3n) is 4.60. The van der Waals surface area contributed by atoms with Crippen molar-refractivity contribution in [1.82, 2.24) is 19.8 Å². The van der Waals surface area contributed by atoms with E-state index in [-0.39, 0.29) is 5.82 Å². The van der Waals surface area contributed by atoms with Gasteiger partial charge in [0.25, 0.3) is 0 Å². The van der Waals surface area contributed by atoms with Crippen molar-refractivity contribution in [2.75, 3.05) is 0 Å². The second kappa shape index (κ2) is 7.05. The van der Waals surface area contributed by atoms with Gasteiger partial charge in [0.1, 0.15) is 10.8 Å². The third kappa shape index (κ3) is 3.12. The van der Waals surface area contributed by atoms with Crippen LogP contribution < -0.4 is 0 Å². The molecule has 0 saturated heterocycles. The Kier molecular flexibility index (Phi) is 4.25. The molecule has 4 nitrogen and oxygen atoms in total. The maximum absolute atomic E-state index is 13.2. The molecular weight excluding hydrogens is 371 g/mol. The van der Waals surface area contributed by atoms with Crippen LogP contribution in [0.2, 0.25) is 0 Å². The number of thioether (sulfide) groups is 1. The first kappa shape index (κ1) is 16.9. The van der Waals surface area contributed by atoms with Gasteiger partial charge in [-0.15, -0.1) is 10.2 Å². The van der Waals surface area contributed by atoms with Crippen molar-refractivity contribution in [1.29, 1.82) is 0 Å². The second-order valence-corrected chi connectivity index (χ2v) is 7.39. The minimum absolute atomic E-state index is 0.281. The maximum Gasteiger partial charge on any atom is 0.185 e. The van der Waals surface area contributed by atoms with E-state index < -0.39 is 0 Å². The molecule has 28 heavy (non-hydrogen) atoms. The topological polar surface area (TPSA) is 43.1 Å². The average Bonchev–Trinajstić information content (AvgIpc) is 3.16. The molecule has 0 unspecified atom stereocenters. The number of halogens is 1. The van der Waals surface area contributed by atoms with E-state index in [1.165, 1.54) is 28.5 Å². The summed E-state index contributed by atoms with van der Waals surface area (Å²) < 4.78 is 14.9. The smallest absolute Gasteiger partial charge is 0.185 e. The van der Waals surface area contributed by atoms with Crippen LogP contribution in [0.4, 0.5) is 4.39 Å². The number of benzene rings is 3. The van der Waals surface area contributed by atoms with E-state index in [9.17, 15) is 4.39 Å². The fraction of sp³-hybridized carbons (Fsp3) is 0.0455. The lowest BCUT2D eigenvalue weighted by Crippen LogP contribution is -1.97. The first-order chi connectivity index (χ1) is 13.8. The Hall–Kier alpha value is -3.25. The van der Waals surface area contributed by atoms with Gasteiger partial charge in [0.05, 0.1) is 0 Å². The lowest BCUT2D eigenvalue weighted by molar-refractivity contribution is 0.628. The average molecular weight is 386 g/mol. The van der Waals surface area contributed by atoms with Gasteiger partial charge in [0, 0.05) is 11.3 Å². The number of hydrogen-bond acceptors (Lipinski definition) is 4. The van der Waals surface area contributed by atoms with Crippen LogP contribution in [0.1, 0.15) is 5.56 Å². The van der Waals surface area contributed by atoms with E-state index in [0.717, 1.165) is 16.3 Å². The SMILES string of the molecule is Fc1ccc(-c2nnc3ccc(SCc4cccc5ccccc45)nn23)cc1. The van der Waals surface area contributed by atoms with E-state index in [1.807, 2.05) is 12.1 Å². The molecule has 5 rings (SSSR count). The molecule has 136 valence electrons. The van der Waals surface area contributed by atoms with Gasteiger partial charge in [0.2, 0.25) is 0 Å². The number of hydrogen-bond donors (Lipinski definition) is 0. The molecule has 0 saturated carbocycles. The van der Waals surface area contributed by atoms with Gasteiger partial charge in [0.15, 0.2) is 11.5 Å². The fourth-order valence-corrected chi connectivity index (χ4v) is 4.06. The number of aromatic nitrogens is 4. The summed E-state index contributed by atoms with van der Waals surface area (Å²) in [5.41, 5.74) is 2.71. The molecule has 0 aliphatic carbocycles.